The smallest absolute Gasteiger partial charge is 0.247 e. The molecule has 4 rings (SSSR count). The van der Waals surface area contributed by atoms with Crippen LogP contribution in [0.3, 0.4) is 0 Å². The number of nitrogens with zero attached hydrogens (tertiary/aromatic N) is 2. The lowest BCUT2D eigenvalue weighted by Gasteiger charge is -2.33. The third kappa shape index (κ3) is 8.29. The van der Waals surface area contributed by atoms with E-state index in [1.165, 1.54) is 11.2 Å². The topological polar surface area (TPSA) is 109 Å². The Morgan fingerprint density at radius 1 is 0.854 bits per heavy atom. The Morgan fingerprint density at radius 3 is 2.07 bits per heavy atom. The second-order valence-electron chi connectivity index (χ2n) is 9.50. The molecule has 10 heteroatoms. The van der Waals surface area contributed by atoms with E-state index >= 15 is 0 Å². The van der Waals surface area contributed by atoms with Crippen LogP contribution in [0.25, 0.3) is 0 Å². The van der Waals surface area contributed by atoms with E-state index in [-0.39, 0.29) is 19.6 Å². The molecule has 3 aromatic carbocycles. The molecule has 0 spiro atoms. The highest BCUT2D eigenvalue weighted by molar-refractivity contribution is 7.88. The van der Waals surface area contributed by atoms with Crippen molar-refractivity contribution in [2.75, 3.05) is 19.9 Å². The van der Waals surface area contributed by atoms with Gasteiger partial charge in [-0.15, -0.1) is 0 Å². The molecule has 1 aromatic heterocycles. The van der Waals surface area contributed by atoms with Crippen molar-refractivity contribution >= 4 is 21.8 Å². The van der Waals surface area contributed by atoms with Gasteiger partial charge in [0.1, 0.15) is 17.6 Å². The summed E-state index contributed by atoms with van der Waals surface area (Å²) in [5, 5.41) is 2.87. The van der Waals surface area contributed by atoms with Gasteiger partial charge in [-0.1, -0.05) is 72.8 Å². The molecule has 0 aliphatic rings. The molecule has 0 unspecified atom stereocenters. The lowest BCUT2D eigenvalue weighted by molar-refractivity contribution is -0.142. The van der Waals surface area contributed by atoms with Crippen LogP contribution in [0.4, 0.5) is 0 Å². The van der Waals surface area contributed by atoms with Gasteiger partial charge in [-0.05, 0) is 41.0 Å². The zero-order valence-electron chi connectivity index (χ0n) is 23.0. The zero-order valence-corrected chi connectivity index (χ0v) is 23.8. The Balaban J connectivity index is 1.69. The van der Waals surface area contributed by atoms with Gasteiger partial charge in [0.15, 0.2) is 0 Å². The Bertz CT molecular complexity index is 1510. The largest absolute Gasteiger partial charge is 0.497 e. The quantitative estimate of drug-likeness (QED) is 0.257. The van der Waals surface area contributed by atoms with Crippen molar-refractivity contribution in [1.82, 2.24) is 14.5 Å². The van der Waals surface area contributed by atoms with Gasteiger partial charge in [-0.2, -0.15) is 4.31 Å². The van der Waals surface area contributed by atoms with Gasteiger partial charge >= 0.3 is 0 Å². The Hall–Kier alpha value is -4.41. The number of amides is 2. The number of nitrogens with one attached hydrogen (secondary N) is 1. The Morgan fingerprint density at radius 2 is 1.49 bits per heavy atom. The summed E-state index contributed by atoms with van der Waals surface area (Å²) in [6.45, 7) is -0.246. The number of rotatable bonds is 13. The molecule has 9 nitrogen and oxygen atoms in total. The first-order valence-corrected chi connectivity index (χ1v) is 14.9. The second kappa shape index (κ2) is 13.8. The maximum atomic E-state index is 14.1. The third-order valence-corrected chi connectivity index (χ3v) is 7.70. The number of benzene rings is 3. The molecule has 41 heavy (non-hydrogen) atoms. The van der Waals surface area contributed by atoms with Gasteiger partial charge in [0, 0.05) is 13.1 Å². The maximum absolute atomic E-state index is 14.1. The minimum Gasteiger partial charge on any atom is -0.497 e. The Labute approximate surface area is 240 Å². The molecule has 0 fully saturated rings. The highest BCUT2D eigenvalue weighted by Crippen LogP contribution is 2.26. The molecule has 0 saturated heterocycles. The maximum Gasteiger partial charge on any atom is 0.247 e. The van der Waals surface area contributed by atoms with E-state index in [2.05, 4.69) is 5.32 Å². The highest BCUT2D eigenvalue weighted by Gasteiger charge is 2.33. The molecule has 1 atom stereocenters. The number of sulfonamides is 1. The van der Waals surface area contributed by atoms with E-state index in [0.717, 1.165) is 21.7 Å². The number of ether oxygens (including phenoxy) is 1. The van der Waals surface area contributed by atoms with Crippen LogP contribution in [0.5, 0.6) is 5.75 Å². The zero-order chi connectivity index (χ0) is 29.2. The third-order valence-electron chi connectivity index (χ3n) is 6.51. The molecule has 2 amide bonds. The van der Waals surface area contributed by atoms with E-state index in [1.54, 1.807) is 79.9 Å². The molecular weight excluding hydrogens is 542 g/mol. The lowest BCUT2D eigenvalue weighted by atomic mass is 10.0. The van der Waals surface area contributed by atoms with Crippen molar-refractivity contribution in [2.45, 2.75) is 25.7 Å². The Kier molecular flexibility index (Phi) is 9.94. The van der Waals surface area contributed by atoms with Crippen LogP contribution in [0.1, 0.15) is 28.5 Å². The van der Waals surface area contributed by atoms with Crippen LogP contribution in [0, 0.1) is 0 Å². The van der Waals surface area contributed by atoms with Crippen molar-refractivity contribution in [3.63, 3.8) is 0 Å². The number of hydrogen-bond acceptors (Lipinski definition) is 6. The van der Waals surface area contributed by atoms with Crippen LogP contribution in [-0.4, -0.2) is 49.3 Å². The summed E-state index contributed by atoms with van der Waals surface area (Å²) in [7, 11) is -2.21. The fraction of sp³-hybridized carbons (Fsp3) is 0.226. The fourth-order valence-electron chi connectivity index (χ4n) is 4.36. The van der Waals surface area contributed by atoms with Crippen LogP contribution in [-0.2, 0) is 39.2 Å². The van der Waals surface area contributed by atoms with Gasteiger partial charge in [0.25, 0.3) is 0 Å². The van der Waals surface area contributed by atoms with Crippen molar-refractivity contribution in [3.05, 3.63) is 126 Å². The summed E-state index contributed by atoms with van der Waals surface area (Å²) >= 11 is 0. The van der Waals surface area contributed by atoms with E-state index in [0.29, 0.717) is 17.1 Å². The summed E-state index contributed by atoms with van der Waals surface area (Å²) < 4.78 is 37.3. The van der Waals surface area contributed by atoms with Gasteiger partial charge in [-0.25, -0.2) is 8.42 Å². The normalized spacial score (nSPS) is 12.1. The molecule has 1 heterocycles. The van der Waals surface area contributed by atoms with Crippen molar-refractivity contribution in [2.24, 2.45) is 0 Å². The van der Waals surface area contributed by atoms with Crippen LogP contribution in [0.2, 0.25) is 0 Å². The molecule has 1 N–H and O–H groups in total. The van der Waals surface area contributed by atoms with Crippen molar-refractivity contribution in [3.8, 4) is 5.75 Å². The SMILES string of the molecule is COc1ccc(CN(C(=O)CN(Cc2ccccc2)S(C)(=O)=O)[C@@H](C(=O)NCc2ccco2)c2ccccc2)cc1. The van der Waals surface area contributed by atoms with Crippen LogP contribution >= 0.6 is 0 Å². The van der Waals surface area contributed by atoms with Gasteiger partial charge in [-0.3, -0.25) is 9.59 Å². The first-order valence-electron chi connectivity index (χ1n) is 13.0. The summed E-state index contributed by atoms with van der Waals surface area (Å²) in [5.41, 5.74) is 2.07. The standard InChI is InChI=1S/C31H33N3O6S/c1-39-27-17-15-25(16-18-27)22-34(29(35)23-33(41(2,37)38)21-24-10-5-3-6-11-24)30(26-12-7-4-8-13-26)31(36)32-20-28-14-9-19-40-28/h3-19,30H,20-23H2,1-2H3,(H,32,36)/t30-/m1/s1. The van der Waals surface area contributed by atoms with E-state index in [9.17, 15) is 18.0 Å². The average Bonchev–Trinajstić information content (AvgIpc) is 3.50. The molecule has 0 aliphatic carbocycles. The second-order valence-corrected chi connectivity index (χ2v) is 11.5. The fourth-order valence-corrected chi connectivity index (χ4v) is 5.09. The molecule has 0 bridgehead atoms. The van der Waals surface area contributed by atoms with Crippen LogP contribution in [0.15, 0.2) is 108 Å². The predicted octanol–water partition coefficient (Wildman–Crippen LogP) is 4.14. The lowest BCUT2D eigenvalue weighted by Crippen LogP contribution is -2.47. The van der Waals surface area contributed by atoms with E-state index < -0.39 is 34.4 Å². The van der Waals surface area contributed by atoms with Crippen LogP contribution < -0.4 is 10.1 Å². The van der Waals surface area contributed by atoms with Crippen molar-refractivity contribution in [1.29, 1.82) is 0 Å². The molecule has 0 aliphatic heterocycles. The van der Waals surface area contributed by atoms with Gasteiger partial charge in [0.05, 0.1) is 32.7 Å². The molecule has 214 valence electrons. The van der Waals surface area contributed by atoms with E-state index in [1.807, 2.05) is 24.3 Å². The number of carbonyl (C=O) groups excluding carboxylic acids is 2. The molecule has 0 saturated carbocycles. The number of hydrogen-bond donors (Lipinski definition) is 1. The predicted molar refractivity (Wildman–Crippen MR) is 155 cm³/mol. The number of methoxy groups -OCH3 is 1. The molecule has 0 radical (unpaired) electrons. The summed E-state index contributed by atoms with van der Waals surface area (Å²) in [6, 6.07) is 27.6. The summed E-state index contributed by atoms with van der Waals surface area (Å²) in [4.78, 5) is 29.2. The molecule has 4 aromatic rings. The molecular formula is C31H33N3O6S. The van der Waals surface area contributed by atoms with E-state index in [4.69, 9.17) is 9.15 Å². The average molecular weight is 576 g/mol. The summed E-state index contributed by atoms with van der Waals surface area (Å²) in [5.74, 6) is 0.255. The van der Waals surface area contributed by atoms with Crippen molar-refractivity contribution < 1.29 is 27.2 Å². The minimum atomic E-state index is -3.77. The summed E-state index contributed by atoms with van der Waals surface area (Å²) in [6.07, 6.45) is 2.59. The number of furan rings is 1. The van der Waals surface area contributed by atoms with Gasteiger partial charge < -0.3 is 19.4 Å². The van der Waals surface area contributed by atoms with Gasteiger partial charge in [0.2, 0.25) is 21.8 Å². The number of carbonyl (C=O) groups is 2. The minimum absolute atomic E-state index is 0.0164. The monoisotopic (exact) mass is 575 g/mol. The first kappa shape index (κ1) is 29.6. The highest BCUT2D eigenvalue weighted by atomic mass is 32.2. The first-order chi connectivity index (χ1) is 19.7.